The number of hydrogen-bond acceptors (Lipinski definition) is 5. The van der Waals surface area contributed by atoms with E-state index < -0.39 is 23.4 Å². The van der Waals surface area contributed by atoms with Crippen LogP contribution in [0.3, 0.4) is 0 Å². The summed E-state index contributed by atoms with van der Waals surface area (Å²) in [6, 6.07) is 3.47. The molecule has 0 fully saturated rings. The molecule has 0 aliphatic carbocycles. The average molecular weight is 383 g/mol. The summed E-state index contributed by atoms with van der Waals surface area (Å²) in [7, 11) is 0. The van der Waals surface area contributed by atoms with Gasteiger partial charge in [0.25, 0.3) is 0 Å². The molecular weight excluding hydrogens is 352 g/mol. The van der Waals surface area contributed by atoms with E-state index in [1.54, 1.807) is 53.7 Å². The van der Waals surface area contributed by atoms with Crippen molar-refractivity contribution < 1.29 is 19.1 Å². The highest BCUT2D eigenvalue weighted by atomic mass is 32.1. The lowest BCUT2D eigenvalue weighted by Gasteiger charge is -2.23. The standard InChI is InChI=1S/C19H30N2O4S/c1-11(2)12-9-13(20-16(22)24-18(3,4)5)14(10-15(12)26)21-17(23)25-19(6,7)8/h9-11,26H,1-8H3,(H,20,22)(H,21,23). The second-order valence-corrected chi connectivity index (χ2v) is 8.85. The van der Waals surface area contributed by atoms with Gasteiger partial charge in [-0.3, -0.25) is 10.6 Å². The fraction of sp³-hybridized carbons (Fsp3) is 0.579. The van der Waals surface area contributed by atoms with Crippen LogP contribution in [-0.4, -0.2) is 23.4 Å². The molecule has 0 bridgehead atoms. The third-order valence-corrected chi connectivity index (χ3v) is 3.45. The highest BCUT2D eigenvalue weighted by molar-refractivity contribution is 7.80. The van der Waals surface area contributed by atoms with Crippen molar-refractivity contribution in [2.75, 3.05) is 10.6 Å². The molecule has 1 aromatic carbocycles. The van der Waals surface area contributed by atoms with Crippen LogP contribution in [0.2, 0.25) is 0 Å². The van der Waals surface area contributed by atoms with Crippen molar-refractivity contribution in [2.45, 2.75) is 77.4 Å². The molecule has 1 aromatic rings. The van der Waals surface area contributed by atoms with Crippen molar-refractivity contribution in [1.29, 1.82) is 0 Å². The summed E-state index contributed by atoms with van der Waals surface area (Å²) in [4.78, 5) is 25.0. The van der Waals surface area contributed by atoms with E-state index in [0.29, 0.717) is 16.3 Å². The van der Waals surface area contributed by atoms with E-state index in [1.165, 1.54) is 0 Å². The Bertz CT molecular complexity index is 673. The fourth-order valence-corrected chi connectivity index (χ4v) is 2.55. The zero-order chi connectivity index (χ0) is 20.3. The van der Waals surface area contributed by atoms with Crippen molar-refractivity contribution in [2.24, 2.45) is 0 Å². The molecule has 0 heterocycles. The van der Waals surface area contributed by atoms with Gasteiger partial charge >= 0.3 is 12.2 Å². The first-order valence-corrected chi connectivity index (χ1v) is 8.99. The molecule has 0 atom stereocenters. The molecule has 1 rings (SSSR count). The van der Waals surface area contributed by atoms with Gasteiger partial charge in [0.1, 0.15) is 11.2 Å². The lowest BCUT2D eigenvalue weighted by molar-refractivity contribution is 0.0620. The topological polar surface area (TPSA) is 76.7 Å². The number of carbonyl (C=O) groups excluding carboxylic acids is 2. The minimum atomic E-state index is -0.634. The maximum atomic E-state index is 12.2. The summed E-state index contributed by atoms with van der Waals surface area (Å²) in [5, 5.41) is 5.35. The Balaban J connectivity index is 3.16. The fourth-order valence-electron chi connectivity index (χ4n) is 2.10. The molecule has 0 aromatic heterocycles. The van der Waals surface area contributed by atoms with E-state index in [0.717, 1.165) is 5.56 Å². The molecule has 0 spiro atoms. The van der Waals surface area contributed by atoms with Gasteiger partial charge in [0.05, 0.1) is 11.4 Å². The van der Waals surface area contributed by atoms with Gasteiger partial charge in [-0.15, -0.1) is 12.6 Å². The van der Waals surface area contributed by atoms with Crippen LogP contribution in [0.25, 0.3) is 0 Å². The van der Waals surface area contributed by atoms with Gasteiger partial charge in [-0.25, -0.2) is 9.59 Å². The minimum Gasteiger partial charge on any atom is -0.444 e. The molecule has 6 nitrogen and oxygen atoms in total. The monoisotopic (exact) mass is 382 g/mol. The van der Waals surface area contributed by atoms with Crippen LogP contribution in [-0.2, 0) is 9.47 Å². The third-order valence-electron chi connectivity index (χ3n) is 3.06. The lowest BCUT2D eigenvalue weighted by atomic mass is 10.0. The van der Waals surface area contributed by atoms with Gasteiger partial charge < -0.3 is 9.47 Å². The van der Waals surface area contributed by atoms with Crippen LogP contribution in [0.1, 0.15) is 66.9 Å². The van der Waals surface area contributed by atoms with Gasteiger partial charge in [0, 0.05) is 4.90 Å². The predicted molar refractivity (Wildman–Crippen MR) is 107 cm³/mol. The molecule has 0 aliphatic rings. The molecular formula is C19H30N2O4S. The number of amides is 2. The van der Waals surface area contributed by atoms with Crippen molar-refractivity contribution in [3.05, 3.63) is 17.7 Å². The summed E-state index contributed by atoms with van der Waals surface area (Å²) in [5.41, 5.74) is 0.484. The molecule has 0 saturated heterocycles. The number of anilines is 2. The van der Waals surface area contributed by atoms with E-state index in [-0.39, 0.29) is 5.92 Å². The summed E-state index contributed by atoms with van der Waals surface area (Å²) in [5.74, 6) is 0.192. The van der Waals surface area contributed by atoms with Gasteiger partial charge in [-0.2, -0.15) is 0 Å². The minimum absolute atomic E-state index is 0.192. The summed E-state index contributed by atoms with van der Waals surface area (Å²) in [6.07, 6.45) is -1.22. The smallest absolute Gasteiger partial charge is 0.412 e. The van der Waals surface area contributed by atoms with E-state index in [4.69, 9.17) is 9.47 Å². The van der Waals surface area contributed by atoms with Crippen LogP contribution in [0.4, 0.5) is 21.0 Å². The Morgan fingerprint density at radius 3 is 1.62 bits per heavy atom. The zero-order valence-corrected chi connectivity index (χ0v) is 17.7. The molecule has 0 aliphatic heterocycles. The largest absolute Gasteiger partial charge is 0.444 e. The molecule has 2 N–H and O–H groups in total. The van der Waals surface area contributed by atoms with Gasteiger partial charge in [-0.1, -0.05) is 13.8 Å². The Hall–Kier alpha value is -1.89. The van der Waals surface area contributed by atoms with Crippen LogP contribution >= 0.6 is 12.6 Å². The van der Waals surface area contributed by atoms with E-state index >= 15 is 0 Å². The highest BCUT2D eigenvalue weighted by Gasteiger charge is 2.21. The number of ether oxygens (including phenoxy) is 2. The van der Waals surface area contributed by atoms with E-state index in [1.807, 2.05) is 13.8 Å². The summed E-state index contributed by atoms with van der Waals surface area (Å²) >= 11 is 4.49. The molecule has 0 saturated carbocycles. The van der Waals surface area contributed by atoms with Crippen molar-refractivity contribution >= 4 is 36.2 Å². The second kappa shape index (κ2) is 8.20. The first kappa shape index (κ1) is 22.2. The average Bonchev–Trinajstić information content (AvgIpc) is 2.36. The second-order valence-electron chi connectivity index (χ2n) is 8.37. The number of nitrogens with one attached hydrogen (secondary N) is 2. The molecule has 26 heavy (non-hydrogen) atoms. The highest BCUT2D eigenvalue weighted by Crippen LogP contribution is 2.33. The maximum absolute atomic E-state index is 12.2. The zero-order valence-electron chi connectivity index (χ0n) is 16.8. The summed E-state index contributed by atoms with van der Waals surface area (Å²) < 4.78 is 10.6. The van der Waals surface area contributed by atoms with E-state index in [2.05, 4.69) is 23.3 Å². The number of benzene rings is 1. The maximum Gasteiger partial charge on any atom is 0.412 e. The lowest BCUT2D eigenvalue weighted by Crippen LogP contribution is -2.29. The van der Waals surface area contributed by atoms with Crippen LogP contribution in [0, 0.1) is 0 Å². The molecule has 2 amide bonds. The number of carbonyl (C=O) groups is 2. The third kappa shape index (κ3) is 7.56. The Labute approximate surface area is 161 Å². The van der Waals surface area contributed by atoms with Crippen LogP contribution in [0.5, 0.6) is 0 Å². The van der Waals surface area contributed by atoms with E-state index in [9.17, 15) is 9.59 Å². The summed E-state index contributed by atoms with van der Waals surface area (Å²) in [6.45, 7) is 14.7. The normalized spacial score (nSPS) is 11.9. The predicted octanol–water partition coefficient (Wildman–Crippen LogP) is 5.79. The van der Waals surface area contributed by atoms with Crippen LogP contribution < -0.4 is 10.6 Å². The molecule has 146 valence electrons. The number of hydrogen-bond donors (Lipinski definition) is 3. The Kier molecular flexibility index (Phi) is 6.99. The molecule has 0 unspecified atom stereocenters. The van der Waals surface area contributed by atoms with Gasteiger partial charge in [0.2, 0.25) is 0 Å². The first-order valence-electron chi connectivity index (χ1n) is 8.55. The van der Waals surface area contributed by atoms with Crippen molar-refractivity contribution in [3.63, 3.8) is 0 Å². The van der Waals surface area contributed by atoms with Gasteiger partial charge in [0.15, 0.2) is 0 Å². The Morgan fingerprint density at radius 2 is 1.27 bits per heavy atom. The van der Waals surface area contributed by atoms with Gasteiger partial charge in [-0.05, 0) is 65.2 Å². The molecule has 0 radical (unpaired) electrons. The number of rotatable bonds is 3. The first-order chi connectivity index (χ1) is 11.7. The van der Waals surface area contributed by atoms with Crippen LogP contribution in [0.15, 0.2) is 17.0 Å². The van der Waals surface area contributed by atoms with Crippen molar-refractivity contribution in [3.8, 4) is 0 Å². The Morgan fingerprint density at radius 1 is 0.885 bits per heavy atom. The number of thiol groups is 1. The van der Waals surface area contributed by atoms with Crippen molar-refractivity contribution in [1.82, 2.24) is 0 Å². The quantitative estimate of drug-likeness (QED) is 0.578. The molecule has 7 heteroatoms. The SMILES string of the molecule is CC(C)c1cc(NC(=O)OC(C)(C)C)c(NC(=O)OC(C)(C)C)cc1S.